The lowest BCUT2D eigenvalue weighted by Crippen LogP contribution is -2.31. The minimum atomic E-state index is -0.0890. The molecule has 5 aromatic rings. The van der Waals surface area contributed by atoms with Crippen molar-refractivity contribution < 1.29 is 0 Å². The molecule has 3 aliphatic carbocycles. The number of fused-ring (bicyclic) bond motifs is 12. The van der Waals surface area contributed by atoms with E-state index in [1.807, 2.05) is 0 Å². The molecule has 0 bridgehead atoms. The molecule has 0 saturated heterocycles. The molecule has 0 saturated carbocycles. The number of rotatable bonds is 30. The third kappa shape index (κ3) is 10.7. The van der Waals surface area contributed by atoms with E-state index in [0.29, 0.717) is 0 Å². The molecule has 0 unspecified atom stereocenters. The maximum atomic E-state index is 3.77. The Balaban J connectivity index is 1.54. The summed E-state index contributed by atoms with van der Waals surface area (Å²) < 4.78 is 0. The van der Waals surface area contributed by atoms with E-state index in [0.717, 1.165) is 5.56 Å². The van der Waals surface area contributed by atoms with Gasteiger partial charge in [-0.1, -0.05) is 280 Å². The van der Waals surface area contributed by atoms with Crippen LogP contribution in [-0.2, 0) is 16.2 Å². The summed E-state index contributed by atoms with van der Waals surface area (Å²) in [6.07, 6.45) is 38.6. The van der Waals surface area contributed by atoms with Gasteiger partial charge in [-0.05, 0) is 130 Å². The smallest absolute Gasteiger partial charge is 0.0252 e. The van der Waals surface area contributed by atoms with Crippen molar-refractivity contribution in [2.45, 2.75) is 250 Å². The van der Waals surface area contributed by atoms with Gasteiger partial charge in [-0.15, -0.1) is 0 Å². The number of hydrogen-bond donors (Lipinski definition) is 0. The van der Waals surface area contributed by atoms with Gasteiger partial charge in [0.15, 0.2) is 0 Å². The summed E-state index contributed by atoms with van der Waals surface area (Å²) in [5.74, 6) is 7.39. The van der Waals surface area contributed by atoms with Crippen molar-refractivity contribution in [3.05, 3.63) is 142 Å². The molecular weight excluding hydrogens is 853 g/mol. The van der Waals surface area contributed by atoms with Crippen LogP contribution in [0.15, 0.2) is 97.1 Å². The molecule has 0 heterocycles. The topological polar surface area (TPSA) is 0 Å². The first kappa shape index (κ1) is 53.0. The van der Waals surface area contributed by atoms with Crippen LogP contribution in [0, 0.1) is 11.8 Å². The first-order chi connectivity index (χ1) is 35.0. The number of hydrogen-bond acceptors (Lipinski definition) is 0. The largest absolute Gasteiger partial charge is 0.0654 e. The molecule has 0 atom stereocenters. The van der Waals surface area contributed by atoms with E-state index in [-0.39, 0.29) is 16.2 Å². The summed E-state index contributed by atoms with van der Waals surface area (Å²) in [4.78, 5) is 0. The van der Waals surface area contributed by atoms with E-state index in [1.165, 1.54) is 198 Å². The van der Waals surface area contributed by atoms with Gasteiger partial charge >= 0.3 is 0 Å². The van der Waals surface area contributed by atoms with Crippen LogP contribution in [0.25, 0.3) is 33.4 Å². The van der Waals surface area contributed by atoms with E-state index < -0.39 is 0 Å². The monoisotopic (exact) mass is 947 g/mol. The molecule has 0 nitrogen and oxygen atoms in total. The van der Waals surface area contributed by atoms with Crippen LogP contribution in [0.3, 0.4) is 0 Å². The summed E-state index contributed by atoms with van der Waals surface area (Å²) in [7, 11) is 0. The molecule has 71 heavy (non-hydrogen) atoms. The normalized spacial score (nSPS) is 14.8. The van der Waals surface area contributed by atoms with Gasteiger partial charge < -0.3 is 0 Å². The highest BCUT2D eigenvalue weighted by molar-refractivity contribution is 6.05. The Labute approximate surface area is 435 Å². The van der Waals surface area contributed by atoms with Crippen LogP contribution < -0.4 is 0 Å². The second-order valence-corrected chi connectivity index (χ2v) is 22.8. The summed E-state index contributed by atoms with van der Waals surface area (Å²) in [6, 6.07) is 38.6. The van der Waals surface area contributed by atoms with E-state index in [2.05, 4.69) is 150 Å². The fourth-order valence-electron chi connectivity index (χ4n) is 14.6. The maximum Gasteiger partial charge on any atom is 0.0252 e. The zero-order chi connectivity index (χ0) is 49.5. The summed E-state index contributed by atoms with van der Waals surface area (Å²) >= 11 is 0. The molecule has 0 N–H and O–H groups in total. The Bertz CT molecular complexity index is 2490. The van der Waals surface area contributed by atoms with Crippen LogP contribution in [0.2, 0.25) is 0 Å². The zero-order valence-electron chi connectivity index (χ0n) is 46.0. The Morgan fingerprint density at radius 1 is 0.282 bits per heavy atom. The fraction of sp³-hybridized carbons (Fsp3) is 0.549. The predicted octanol–water partition coefficient (Wildman–Crippen LogP) is 21.7. The molecule has 0 fully saturated rings. The van der Waals surface area contributed by atoms with Gasteiger partial charge in [-0.25, -0.2) is 0 Å². The average molecular weight is 948 g/mol. The highest BCUT2D eigenvalue weighted by Crippen LogP contribution is 2.71. The van der Waals surface area contributed by atoms with Crippen molar-refractivity contribution in [1.29, 1.82) is 0 Å². The molecule has 8 rings (SSSR count). The first-order valence-electron chi connectivity index (χ1n) is 30.2. The van der Waals surface area contributed by atoms with E-state index >= 15 is 0 Å². The summed E-state index contributed by atoms with van der Waals surface area (Å²) in [5, 5.41) is 0. The lowest BCUT2D eigenvalue weighted by atomic mass is 9.63. The van der Waals surface area contributed by atoms with Crippen LogP contribution in [-0.4, -0.2) is 0 Å². The van der Waals surface area contributed by atoms with Gasteiger partial charge in [-0.3, -0.25) is 0 Å². The minimum absolute atomic E-state index is 0.0165. The molecule has 5 aromatic carbocycles. The number of benzene rings is 5. The lowest BCUT2D eigenvalue weighted by Gasteiger charge is -2.39. The standard InChI is InChI=1S/C71H94/c1-7-13-19-32-48-69(49-33-20-14-8-2)61-43-31-29-41-58(61)64-66(69)63-57-40-28-30-42-60(57)70(50-34-21-15-9-3,51-35-22-16-10-4)67(63)65-59-47-46-56(45-44-55-38-26-25-27-39-55)54-62(59)71(68(64)65,52-36-23-17-11-5)53-37-24-18-12-6/h25-31,38-43,46-47,54H,7-24,32-37,48-53H2,1-6H3. The van der Waals surface area contributed by atoms with Crippen LogP contribution >= 0.6 is 0 Å². The molecule has 0 aromatic heterocycles. The lowest BCUT2D eigenvalue weighted by molar-refractivity contribution is 0.389. The van der Waals surface area contributed by atoms with Gasteiger partial charge in [0.05, 0.1) is 0 Å². The average Bonchev–Trinajstić information content (AvgIpc) is 3.96. The molecule has 0 heteroatoms. The van der Waals surface area contributed by atoms with Crippen molar-refractivity contribution in [1.82, 2.24) is 0 Å². The Kier molecular flexibility index (Phi) is 19.1. The third-order valence-corrected chi connectivity index (χ3v) is 18.0. The summed E-state index contributed by atoms with van der Waals surface area (Å²) in [5.41, 5.74) is 22.1. The quantitative estimate of drug-likeness (QED) is 0.0318. The second kappa shape index (κ2) is 25.5. The second-order valence-electron chi connectivity index (χ2n) is 22.8. The highest BCUT2D eigenvalue weighted by atomic mass is 14.6. The maximum absolute atomic E-state index is 3.77. The van der Waals surface area contributed by atoms with Crippen molar-refractivity contribution >= 4 is 0 Å². The van der Waals surface area contributed by atoms with Gasteiger partial charge in [0.2, 0.25) is 0 Å². The molecule has 3 aliphatic rings. The van der Waals surface area contributed by atoms with Gasteiger partial charge in [-0.2, -0.15) is 0 Å². The van der Waals surface area contributed by atoms with Gasteiger partial charge in [0, 0.05) is 27.4 Å². The minimum Gasteiger partial charge on any atom is -0.0654 e. The van der Waals surface area contributed by atoms with Crippen molar-refractivity contribution in [3.63, 3.8) is 0 Å². The zero-order valence-corrected chi connectivity index (χ0v) is 46.0. The Morgan fingerprint density at radius 2 is 0.592 bits per heavy atom. The van der Waals surface area contributed by atoms with Gasteiger partial charge in [0.25, 0.3) is 0 Å². The summed E-state index contributed by atoms with van der Waals surface area (Å²) in [6.45, 7) is 14.4. The Morgan fingerprint density at radius 3 is 0.958 bits per heavy atom. The molecule has 0 radical (unpaired) electrons. The van der Waals surface area contributed by atoms with E-state index in [1.54, 1.807) is 66.8 Å². The van der Waals surface area contributed by atoms with Crippen molar-refractivity contribution in [3.8, 4) is 45.2 Å². The van der Waals surface area contributed by atoms with Gasteiger partial charge in [0.1, 0.15) is 0 Å². The molecule has 0 amide bonds. The van der Waals surface area contributed by atoms with E-state index in [9.17, 15) is 0 Å². The van der Waals surface area contributed by atoms with Crippen LogP contribution in [0.4, 0.5) is 0 Å². The van der Waals surface area contributed by atoms with Crippen LogP contribution in [0.1, 0.15) is 279 Å². The Hall–Kier alpha value is -4.34. The highest BCUT2D eigenvalue weighted by Gasteiger charge is 2.57. The van der Waals surface area contributed by atoms with E-state index in [4.69, 9.17) is 0 Å². The predicted molar refractivity (Wildman–Crippen MR) is 310 cm³/mol. The molecule has 0 aliphatic heterocycles. The van der Waals surface area contributed by atoms with Crippen molar-refractivity contribution in [2.24, 2.45) is 0 Å². The molecular formula is C71H94. The van der Waals surface area contributed by atoms with Crippen LogP contribution in [0.5, 0.6) is 0 Å². The molecule has 378 valence electrons. The third-order valence-electron chi connectivity index (χ3n) is 18.0. The fourth-order valence-corrected chi connectivity index (χ4v) is 14.6. The molecule has 0 spiro atoms. The first-order valence-corrected chi connectivity index (χ1v) is 30.2. The number of unbranched alkanes of at least 4 members (excludes halogenated alkanes) is 18. The SMILES string of the molecule is CCCCCCC1(CCCCCC)c2ccccc2-c2c1c1c(c3c2C(CCCCCC)(CCCCCC)c2cc(C#Cc4ccccc4)ccc2-3)C(CCCCCC)(CCCCCC)c2ccccc2-1. The van der Waals surface area contributed by atoms with Crippen molar-refractivity contribution in [2.75, 3.05) is 0 Å².